The van der Waals surface area contributed by atoms with E-state index in [1.807, 2.05) is 9.80 Å². The number of carbonyl (C=O) groups excluding carboxylic acids is 1. The first-order chi connectivity index (χ1) is 12.7. The van der Waals surface area contributed by atoms with Crippen molar-refractivity contribution in [2.75, 3.05) is 32.7 Å². The molecule has 1 N–H and O–H groups in total. The van der Waals surface area contributed by atoms with Gasteiger partial charge >= 0.3 is 6.03 Å². The highest BCUT2D eigenvalue weighted by molar-refractivity contribution is 5.75. The summed E-state index contributed by atoms with van der Waals surface area (Å²) in [6.07, 6.45) is 12.0. The van der Waals surface area contributed by atoms with Gasteiger partial charge < -0.3 is 15.1 Å². The number of amides is 2. The van der Waals surface area contributed by atoms with E-state index in [0.29, 0.717) is 23.8 Å². The van der Waals surface area contributed by atoms with Crippen LogP contribution in [0.25, 0.3) is 0 Å². The quantitative estimate of drug-likeness (QED) is 0.844. The Hall–Kier alpha value is -1.80. The van der Waals surface area contributed by atoms with Crippen molar-refractivity contribution < 1.29 is 4.79 Å². The zero-order valence-corrected chi connectivity index (χ0v) is 15.7. The summed E-state index contributed by atoms with van der Waals surface area (Å²) in [5.74, 6) is 2.85. The molecule has 3 fully saturated rings. The summed E-state index contributed by atoms with van der Waals surface area (Å²) >= 11 is 0. The molecule has 5 nitrogen and oxygen atoms in total. The molecular weight excluding hydrogens is 324 g/mol. The van der Waals surface area contributed by atoms with Gasteiger partial charge in [0.1, 0.15) is 0 Å². The van der Waals surface area contributed by atoms with Crippen LogP contribution in [0.15, 0.2) is 24.3 Å². The lowest BCUT2D eigenvalue weighted by Gasteiger charge is -2.43. The lowest BCUT2D eigenvalue weighted by Crippen LogP contribution is -2.58. The van der Waals surface area contributed by atoms with Crippen LogP contribution in [0.4, 0.5) is 4.79 Å². The van der Waals surface area contributed by atoms with Gasteiger partial charge in [-0.05, 0) is 37.0 Å². The van der Waals surface area contributed by atoms with Crippen molar-refractivity contribution in [2.24, 2.45) is 29.6 Å². The molecule has 2 heterocycles. The standard InChI is InChI=1S/C21H30N4O/c1-15-4-2-3-5-18(15)19-10-20(19)23-12-17-13-25(14-17)21(26)24-8-6-16(11-22)7-9-24/h2-5,15-20,23H,6-10,12-14H2,1H3. The van der Waals surface area contributed by atoms with Crippen molar-refractivity contribution in [2.45, 2.75) is 32.2 Å². The fourth-order valence-electron chi connectivity index (χ4n) is 4.72. The molecule has 0 aromatic rings. The van der Waals surface area contributed by atoms with Crippen molar-refractivity contribution in [3.05, 3.63) is 24.3 Å². The Kier molecular flexibility index (Phi) is 5.04. The summed E-state index contributed by atoms with van der Waals surface area (Å²) in [5, 5.41) is 12.7. The molecule has 4 rings (SSSR count). The van der Waals surface area contributed by atoms with Crippen LogP contribution in [0.5, 0.6) is 0 Å². The number of carbonyl (C=O) groups is 1. The summed E-state index contributed by atoms with van der Waals surface area (Å²) in [6.45, 7) is 6.58. The lowest BCUT2D eigenvalue weighted by atomic mass is 9.86. The minimum atomic E-state index is 0.135. The topological polar surface area (TPSA) is 59.4 Å². The zero-order chi connectivity index (χ0) is 18.1. The highest BCUT2D eigenvalue weighted by Gasteiger charge is 2.44. The Balaban J connectivity index is 1.13. The summed E-state index contributed by atoms with van der Waals surface area (Å²) in [4.78, 5) is 16.4. The average molecular weight is 354 g/mol. The molecule has 4 aliphatic rings. The SMILES string of the molecule is CC1C=CC=CC1C1CC1NCC1CN(C(=O)N2CCC(C#N)CC2)C1. The number of rotatable bonds is 4. The normalized spacial score (nSPS) is 34.5. The largest absolute Gasteiger partial charge is 0.325 e. The van der Waals surface area contributed by atoms with Crippen molar-refractivity contribution in [3.63, 3.8) is 0 Å². The Labute approximate surface area is 156 Å². The van der Waals surface area contributed by atoms with Gasteiger partial charge in [-0.1, -0.05) is 31.2 Å². The summed E-state index contributed by atoms with van der Waals surface area (Å²) in [5.41, 5.74) is 0. The predicted octanol–water partition coefficient (Wildman–Crippen LogP) is 2.63. The minimum Gasteiger partial charge on any atom is -0.325 e. The first-order valence-corrected chi connectivity index (χ1v) is 10.2. The summed E-state index contributed by atoms with van der Waals surface area (Å²) < 4.78 is 0. The maximum Gasteiger partial charge on any atom is 0.320 e. The maximum atomic E-state index is 12.5. The molecular formula is C21H30N4O. The molecule has 26 heavy (non-hydrogen) atoms. The third-order valence-electron chi connectivity index (χ3n) is 6.64. The van der Waals surface area contributed by atoms with Crippen LogP contribution in [0, 0.1) is 40.9 Å². The monoisotopic (exact) mass is 354 g/mol. The molecule has 2 aliphatic heterocycles. The number of hydrogen-bond donors (Lipinski definition) is 1. The van der Waals surface area contributed by atoms with Gasteiger partial charge in [-0.2, -0.15) is 5.26 Å². The molecule has 5 heteroatoms. The second kappa shape index (κ2) is 7.44. The zero-order valence-electron chi connectivity index (χ0n) is 15.7. The third-order valence-corrected chi connectivity index (χ3v) is 6.64. The fourth-order valence-corrected chi connectivity index (χ4v) is 4.72. The van der Waals surface area contributed by atoms with Gasteiger partial charge in [-0.3, -0.25) is 0 Å². The minimum absolute atomic E-state index is 0.135. The molecule has 2 aliphatic carbocycles. The number of allylic oxidation sites excluding steroid dienone is 4. The molecule has 0 radical (unpaired) electrons. The molecule has 4 unspecified atom stereocenters. The van der Waals surface area contributed by atoms with Gasteiger partial charge in [0.2, 0.25) is 0 Å². The van der Waals surface area contributed by atoms with E-state index in [4.69, 9.17) is 5.26 Å². The summed E-state index contributed by atoms with van der Waals surface area (Å²) in [7, 11) is 0. The Morgan fingerprint density at radius 1 is 1.19 bits per heavy atom. The maximum absolute atomic E-state index is 12.5. The van der Waals surface area contributed by atoms with E-state index >= 15 is 0 Å². The first-order valence-electron chi connectivity index (χ1n) is 10.2. The van der Waals surface area contributed by atoms with E-state index in [2.05, 4.69) is 42.6 Å². The van der Waals surface area contributed by atoms with Crippen molar-refractivity contribution in [1.29, 1.82) is 5.26 Å². The lowest BCUT2D eigenvalue weighted by molar-refractivity contribution is 0.0819. The first kappa shape index (κ1) is 17.6. The van der Waals surface area contributed by atoms with Crippen LogP contribution in [-0.4, -0.2) is 54.6 Å². The van der Waals surface area contributed by atoms with Gasteiger partial charge in [0, 0.05) is 50.6 Å². The molecule has 4 atom stereocenters. The van der Waals surface area contributed by atoms with Crippen LogP contribution in [-0.2, 0) is 0 Å². The molecule has 1 saturated carbocycles. The van der Waals surface area contributed by atoms with E-state index < -0.39 is 0 Å². The molecule has 2 amide bonds. The number of likely N-dealkylation sites (tertiary alicyclic amines) is 2. The molecule has 0 spiro atoms. The van der Waals surface area contributed by atoms with Crippen molar-refractivity contribution in [3.8, 4) is 6.07 Å². The molecule has 140 valence electrons. The van der Waals surface area contributed by atoms with E-state index in [1.54, 1.807) is 0 Å². The number of hydrogen-bond acceptors (Lipinski definition) is 3. The highest BCUT2D eigenvalue weighted by Crippen LogP contribution is 2.43. The van der Waals surface area contributed by atoms with Gasteiger partial charge in [0.25, 0.3) is 0 Å². The van der Waals surface area contributed by atoms with Crippen LogP contribution >= 0.6 is 0 Å². The van der Waals surface area contributed by atoms with Crippen molar-refractivity contribution >= 4 is 6.03 Å². The Bertz CT molecular complexity index is 622. The van der Waals surface area contributed by atoms with Crippen LogP contribution in [0.1, 0.15) is 26.2 Å². The van der Waals surface area contributed by atoms with E-state index in [1.165, 1.54) is 6.42 Å². The van der Waals surface area contributed by atoms with Gasteiger partial charge in [-0.25, -0.2) is 4.79 Å². The molecule has 2 saturated heterocycles. The van der Waals surface area contributed by atoms with Gasteiger partial charge in [0.05, 0.1) is 6.07 Å². The number of nitrogens with zero attached hydrogens (tertiary/aromatic N) is 3. The highest BCUT2D eigenvalue weighted by atomic mass is 16.2. The fraction of sp³-hybridized carbons (Fsp3) is 0.714. The van der Waals surface area contributed by atoms with E-state index in [-0.39, 0.29) is 11.9 Å². The van der Waals surface area contributed by atoms with Gasteiger partial charge in [0.15, 0.2) is 0 Å². The van der Waals surface area contributed by atoms with Gasteiger partial charge in [-0.15, -0.1) is 0 Å². The Morgan fingerprint density at radius 3 is 2.62 bits per heavy atom. The second-order valence-corrected chi connectivity index (χ2v) is 8.56. The number of nitriles is 1. The second-order valence-electron chi connectivity index (χ2n) is 8.56. The summed E-state index contributed by atoms with van der Waals surface area (Å²) in [6, 6.07) is 3.16. The molecule has 0 bridgehead atoms. The predicted molar refractivity (Wildman–Crippen MR) is 101 cm³/mol. The Morgan fingerprint density at radius 2 is 1.92 bits per heavy atom. The molecule has 0 aromatic carbocycles. The third kappa shape index (κ3) is 3.66. The van der Waals surface area contributed by atoms with E-state index in [0.717, 1.165) is 51.5 Å². The van der Waals surface area contributed by atoms with Crippen molar-refractivity contribution in [1.82, 2.24) is 15.1 Å². The smallest absolute Gasteiger partial charge is 0.320 e. The van der Waals surface area contributed by atoms with E-state index in [9.17, 15) is 4.79 Å². The average Bonchev–Trinajstić information content (AvgIpc) is 3.40. The number of nitrogens with one attached hydrogen (secondary N) is 1. The van der Waals surface area contributed by atoms with Crippen LogP contribution < -0.4 is 5.32 Å². The number of urea groups is 1. The molecule has 0 aromatic heterocycles. The van der Waals surface area contributed by atoms with Crippen LogP contribution in [0.2, 0.25) is 0 Å². The van der Waals surface area contributed by atoms with Crippen LogP contribution in [0.3, 0.4) is 0 Å². The number of piperidine rings is 1.